The molecule has 20 heavy (non-hydrogen) atoms. The lowest BCUT2D eigenvalue weighted by Crippen LogP contribution is -2.39. The maximum absolute atomic E-state index is 12.5. The summed E-state index contributed by atoms with van der Waals surface area (Å²) in [7, 11) is 1.69. The largest absolute Gasteiger partial charge is 0.383 e. The highest BCUT2D eigenvalue weighted by molar-refractivity contribution is 5.76. The van der Waals surface area contributed by atoms with E-state index in [2.05, 4.69) is 26.1 Å². The van der Waals surface area contributed by atoms with Crippen LogP contribution in [-0.4, -0.2) is 50.7 Å². The monoisotopic (exact) mass is 284 g/mol. The summed E-state index contributed by atoms with van der Waals surface area (Å²) in [5.74, 6) is 1.98. The van der Waals surface area contributed by atoms with Crippen molar-refractivity contribution in [2.24, 2.45) is 17.8 Å². The van der Waals surface area contributed by atoms with Crippen molar-refractivity contribution in [1.29, 1.82) is 0 Å². The van der Waals surface area contributed by atoms with Crippen molar-refractivity contribution >= 4 is 5.91 Å². The number of amides is 1. The summed E-state index contributed by atoms with van der Waals surface area (Å²) in [6, 6.07) is 0. The summed E-state index contributed by atoms with van der Waals surface area (Å²) in [6.07, 6.45) is 3.09. The first-order chi connectivity index (χ1) is 9.54. The normalized spacial score (nSPS) is 18.2. The Balaban J connectivity index is 2.46. The van der Waals surface area contributed by atoms with E-state index < -0.39 is 0 Å². The van der Waals surface area contributed by atoms with Crippen molar-refractivity contribution in [3.63, 3.8) is 0 Å². The van der Waals surface area contributed by atoms with Crippen molar-refractivity contribution in [1.82, 2.24) is 10.2 Å². The fraction of sp³-hybridized carbons (Fsp3) is 0.938. The zero-order chi connectivity index (χ0) is 15.0. The van der Waals surface area contributed by atoms with Gasteiger partial charge in [-0.25, -0.2) is 0 Å². The number of ether oxygens (including phenoxy) is 1. The van der Waals surface area contributed by atoms with Gasteiger partial charge in [0.05, 0.1) is 6.61 Å². The summed E-state index contributed by atoms with van der Waals surface area (Å²) >= 11 is 0. The van der Waals surface area contributed by atoms with E-state index >= 15 is 0 Å². The number of carbonyl (C=O) groups excluding carboxylic acids is 1. The molecule has 1 heterocycles. The lowest BCUT2D eigenvalue weighted by atomic mass is 9.84. The average molecular weight is 284 g/mol. The van der Waals surface area contributed by atoms with E-state index in [1.807, 2.05) is 4.90 Å². The van der Waals surface area contributed by atoms with Crippen LogP contribution >= 0.6 is 0 Å². The fourth-order valence-corrected chi connectivity index (χ4v) is 2.94. The molecule has 1 N–H and O–H groups in total. The lowest BCUT2D eigenvalue weighted by molar-refractivity contribution is -0.133. The molecule has 4 heteroatoms. The quantitative estimate of drug-likeness (QED) is 0.742. The summed E-state index contributed by atoms with van der Waals surface area (Å²) in [5.41, 5.74) is 0. The van der Waals surface area contributed by atoms with E-state index in [9.17, 15) is 4.79 Å². The predicted molar refractivity (Wildman–Crippen MR) is 82.7 cm³/mol. The topological polar surface area (TPSA) is 41.6 Å². The van der Waals surface area contributed by atoms with Crippen LogP contribution in [0.25, 0.3) is 0 Å². The molecule has 1 saturated heterocycles. The van der Waals surface area contributed by atoms with E-state index in [1.165, 1.54) is 12.8 Å². The van der Waals surface area contributed by atoms with Crippen LogP contribution < -0.4 is 5.32 Å². The van der Waals surface area contributed by atoms with Gasteiger partial charge in [0.2, 0.25) is 5.91 Å². The lowest BCUT2D eigenvalue weighted by Gasteiger charge is -2.30. The standard InChI is InChI=1S/C16H32N2O2/c1-13(2)12-18(9-10-20-4)16(19)11-14(3)15-5-7-17-8-6-15/h13-15,17H,5-12H2,1-4H3. The van der Waals surface area contributed by atoms with E-state index in [0.29, 0.717) is 43.2 Å². The Hall–Kier alpha value is -0.610. The second kappa shape index (κ2) is 9.35. The number of methoxy groups -OCH3 is 1. The Labute approximate surface area is 124 Å². The molecule has 0 aliphatic carbocycles. The molecule has 118 valence electrons. The molecule has 0 aromatic carbocycles. The minimum Gasteiger partial charge on any atom is -0.383 e. The first-order valence-corrected chi connectivity index (χ1v) is 8.02. The van der Waals surface area contributed by atoms with Gasteiger partial charge in [-0.2, -0.15) is 0 Å². The van der Waals surface area contributed by atoms with Crippen LogP contribution in [0.2, 0.25) is 0 Å². The molecule has 1 amide bonds. The molecular weight excluding hydrogens is 252 g/mol. The van der Waals surface area contributed by atoms with Gasteiger partial charge in [0.25, 0.3) is 0 Å². The number of rotatable bonds is 8. The van der Waals surface area contributed by atoms with Gasteiger partial charge in [0, 0.05) is 26.6 Å². The third kappa shape index (κ3) is 6.23. The van der Waals surface area contributed by atoms with E-state index in [0.717, 1.165) is 19.6 Å². The Bertz CT molecular complexity index is 276. The number of piperidine rings is 1. The number of hydrogen-bond acceptors (Lipinski definition) is 3. The molecule has 0 aromatic heterocycles. The Morgan fingerprint density at radius 1 is 1.30 bits per heavy atom. The van der Waals surface area contributed by atoms with Gasteiger partial charge in [0.15, 0.2) is 0 Å². The van der Waals surface area contributed by atoms with Crippen molar-refractivity contribution < 1.29 is 9.53 Å². The van der Waals surface area contributed by atoms with Gasteiger partial charge in [-0.05, 0) is 43.7 Å². The zero-order valence-electron chi connectivity index (χ0n) is 13.7. The second-order valence-corrected chi connectivity index (χ2v) is 6.50. The number of nitrogens with one attached hydrogen (secondary N) is 1. The molecule has 1 atom stereocenters. The number of hydrogen-bond donors (Lipinski definition) is 1. The molecule has 1 aliphatic rings. The molecule has 1 aliphatic heterocycles. The van der Waals surface area contributed by atoms with Gasteiger partial charge < -0.3 is 15.0 Å². The third-order valence-corrected chi connectivity index (χ3v) is 4.19. The van der Waals surface area contributed by atoms with Crippen LogP contribution in [0.3, 0.4) is 0 Å². The highest BCUT2D eigenvalue weighted by Gasteiger charge is 2.24. The van der Waals surface area contributed by atoms with Crippen LogP contribution in [0.15, 0.2) is 0 Å². The van der Waals surface area contributed by atoms with Gasteiger partial charge in [-0.15, -0.1) is 0 Å². The smallest absolute Gasteiger partial charge is 0.222 e. The summed E-state index contributed by atoms with van der Waals surface area (Å²) in [4.78, 5) is 14.5. The molecule has 1 rings (SSSR count). The number of nitrogens with zero attached hydrogens (tertiary/aromatic N) is 1. The third-order valence-electron chi connectivity index (χ3n) is 4.19. The minimum absolute atomic E-state index is 0.293. The van der Waals surface area contributed by atoms with E-state index in [-0.39, 0.29) is 0 Å². The first kappa shape index (κ1) is 17.4. The van der Waals surface area contributed by atoms with Gasteiger partial charge in [0.1, 0.15) is 0 Å². The Morgan fingerprint density at radius 3 is 2.50 bits per heavy atom. The van der Waals surface area contributed by atoms with E-state index in [4.69, 9.17) is 4.74 Å². The molecule has 0 aromatic rings. The summed E-state index contributed by atoms with van der Waals surface area (Å²) < 4.78 is 5.12. The molecule has 1 fully saturated rings. The molecule has 4 nitrogen and oxygen atoms in total. The SMILES string of the molecule is COCCN(CC(C)C)C(=O)CC(C)C1CCNCC1. The minimum atomic E-state index is 0.293. The van der Waals surface area contributed by atoms with Gasteiger partial charge >= 0.3 is 0 Å². The van der Waals surface area contributed by atoms with Gasteiger partial charge in [-0.1, -0.05) is 20.8 Å². The molecule has 1 unspecified atom stereocenters. The van der Waals surface area contributed by atoms with Crippen molar-refractivity contribution in [3.8, 4) is 0 Å². The highest BCUT2D eigenvalue weighted by Crippen LogP contribution is 2.25. The first-order valence-electron chi connectivity index (χ1n) is 8.02. The van der Waals surface area contributed by atoms with E-state index in [1.54, 1.807) is 7.11 Å². The summed E-state index contributed by atoms with van der Waals surface area (Å²) in [5, 5.41) is 3.39. The number of carbonyl (C=O) groups is 1. The van der Waals surface area contributed by atoms with Crippen LogP contribution in [0, 0.1) is 17.8 Å². The highest BCUT2D eigenvalue weighted by atomic mass is 16.5. The van der Waals surface area contributed by atoms with Crippen molar-refractivity contribution in [2.75, 3.05) is 39.9 Å². The molecule has 0 spiro atoms. The Morgan fingerprint density at radius 2 is 1.95 bits per heavy atom. The van der Waals surface area contributed by atoms with Crippen LogP contribution in [-0.2, 0) is 9.53 Å². The maximum Gasteiger partial charge on any atom is 0.222 e. The predicted octanol–water partition coefficient (Wildman–Crippen LogP) is 2.14. The molecular formula is C16H32N2O2. The second-order valence-electron chi connectivity index (χ2n) is 6.50. The van der Waals surface area contributed by atoms with Crippen LogP contribution in [0.5, 0.6) is 0 Å². The molecule has 0 saturated carbocycles. The van der Waals surface area contributed by atoms with Crippen molar-refractivity contribution in [2.45, 2.75) is 40.0 Å². The average Bonchev–Trinajstić information content (AvgIpc) is 2.43. The molecule has 0 radical (unpaired) electrons. The summed E-state index contributed by atoms with van der Waals surface area (Å²) in [6.45, 7) is 10.9. The molecule has 0 bridgehead atoms. The zero-order valence-corrected chi connectivity index (χ0v) is 13.7. The maximum atomic E-state index is 12.5. The van der Waals surface area contributed by atoms with Crippen molar-refractivity contribution in [3.05, 3.63) is 0 Å². The fourth-order valence-electron chi connectivity index (χ4n) is 2.94. The van der Waals surface area contributed by atoms with Crippen LogP contribution in [0.4, 0.5) is 0 Å². The Kier molecular flexibility index (Phi) is 8.15. The van der Waals surface area contributed by atoms with Gasteiger partial charge in [-0.3, -0.25) is 4.79 Å². The van der Waals surface area contributed by atoms with Crippen LogP contribution in [0.1, 0.15) is 40.0 Å².